The summed E-state index contributed by atoms with van der Waals surface area (Å²) in [7, 11) is 0. The minimum Gasteiger partial charge on any atom is -0.507 e. The molecular formula is C17H22N4O. The molecule has 3 rings (SSSR count). The van der Waals surface area contributed by atoms with Gasteiger partial charge < -0.3 is 22.3 Å². The number of pyridine rings is 1. The number of hydrogen-bond donors (Lipinski definition) is 4. The maximum Gasteiger partial charge on any atom is 0.147 e. The highest BCUT2D eigenvalue weighted by Gasteiger charge is 2.24. The van der Waals surface area contributed by atoms with Gasteiger partial charge in [0.25, 0.3) is 0 Å². The van der Waals surface area contributed by atoms with Crippen molar-refractivity contribution in [2.24, 2.45) is 5.73 Å². The van der Waals surface area contributed by atoms with Gasteiger partial charge in [0, 0.05) is 11.6 Å². The van der Waals surface area contributed by atoms with E-state index in [-0.39, 0.29) is 11.8 Å². The maximum atomic E-state index is 10.0. The molecule has 1 aromatic heterocycles. The number of aromatic nitrogens is 1. The third-order valence-electron chi connectivity index (χ3n) is 4.45. The molecule has 1 saturated carbocycles. The van der Waals surface area contributed by atoms with Crippen molar-refractivity contribution in [2.45, 2.75) is 37.6 Å². The van der Waals surface area contributed by atoms with E-state index in [4.69, 9.17) is 17.2 Å². The molecule has 0 saturated heterocycles. The van der Waals surface area contributed by atoms with Crippen LogP contribution in [-0.4, -0.2) is 16.1 Å². The molecule has 22 heavy (non-hydrogen) atoms. The summed E-state index contributed by atoms with van der Waals surface area (Å²) in [5, 5.41) is 10.0. The fourth-order valence-corrected chi connectivity index (χ4v) is 3.27. The monoisotopic (exact) mass is 298 g/mol. The largest absolute Gasteiger partial charge is 0.507 e. The Labute approximate surface area is 130 Å². The van der Waals surface area contributed by atoms with Crippen LogP contribution in [0.15, 0.2) is 30.3 Å². The van der Waals surface area contributed by atoms with Gasteiger partial charge in [-0.3, -0.25) is 0 Å². The van der Waals surface area contributed by atoms with Gasteiger partial charge in [-0.05, 0) is 48.9 Å². The van der Waals surface area contributed by atoms with Crippen LogP contribution in [-0.2, 0) is 0 Å². The number of nitrogen functional groups attached to an aromatic ring is 2. The summed E-state index contributed by atoms with van der Waals surface area (Å²) in [5.41, 5.74) is 21.1. The minimum atomic E-state index is 0.186. The average Bonchev–Trinajstić information content (AvgIpc) is 2.50. The summed E-state index contributed by atoms with van der Waals surface area (Å²) in [6, 6.07) is 9.26. The molecule has 5 heteroatoms. The molecule has 1 heterocycles. The second-order valence-corrected chi connectivity index (χ2v) is 6.04. The molecule has 1 fully saturated rings. The molecule has 0 spiro atoms. The number of phenols is 1. The van der Waals surface area contributed by atoms with Crippen LogP contribution in [0.5, 0.6) is 5.75 Å². The Bertz CT molecular complexity index is 686. The van der Waals surface area contributed by atoms with E-state index in [1.807, 2.05) is 18.2 Å². The predicted molar refractivity (Wildman–Crippen MR) is 89.3 cm³/mol. The maximum absolute atomic E-state index is 10.0. The van der Waals surface area contributed by atoms with Crippen LogP contribution in [0.1, 0.15) is 37.2 Å². The molecule has 116 valence electrons. The number of hydrogen-bond acceptors (Lipinski definition) is 5. The van der Waals surface area contributed by atoms with Gasteiger partial charge in [-0.1, -0.05) is 18.6 Å². The summed E-state index contributed by atoms with van der Waals surface area (Å²) in [6.07, 6.45) is 4.12. The molecule has 1 aliphatic carbocycles. The van der Waals surface area contributed by atoms with Crippen molar-refractivity contribution in [1.29, 1.82) is 0 Å². The van der Waals surface area contributed by atoms with Gasteiger partial charge >= 0.3 is 0 Å². The van der Waals surface area contributed by atoms with E-state index < -0.39 is 0 Å². The fourth-order valence-electron chi connectivity index (χ4n) is 3.27. The number of anilines is 2. The van der Waals surface area contributed by atoms with Crippen molar-refractivity contribution in [3.63, 3.8) is 0 Å². The molecule has 2 atom stereocenters. The third-order valence-corrected chi connectivity index (χ3v) is 4.45. The third kappa shape index (κ3) is 2.72. The number of rotatable bonds is 2. The van der Waals surface area contributed by atoms with E-state index in [9.17, 15) is 5.11 Å². The van der Waals surface area contributed by atoms with Crippen molar-refractivity contribution in [2.75, 3.05) is 11.5 Å². The van der Waals surface area contributed by atoms with Crippen molar-refractivity contribution >= 4 is 11.5 Å². The SMILES string of the molecule is Nc1nc(-c2ccccc2O)cc(C2CCCC(N)C2)c1N. The quantitative estimate of drug-likeness (QED) is 0.681. The standard InChI is InChI=1S/C17H22N4O/c18-11-5-3-4-10(8-11)13-9-14(21-17(20)16(13)19)12-6-1-2-7-15(12)22/h1-2,6-7,9-11,22H,3-5,8,18-19H2,(H2,20,21). The lowest BCUT2D eigenvalue weighted by Crippen LogP contribution is -2.27. The molecule has 1 aromatic carbocycles. The number of nitrogens with two attached hydrogens (primary N) is 3. The van der Waals surface area contributed by atoms with Crippen molar-refractivity contribution in [1.82, 2.24) is 4.98 Å². The molecule has 7 N–H and O–H groups in total. The predicted octanol–water partition coefficient (Wildman–Crippen LogP) is 2.60. The number of para-hydroxylation sites is 1. The Balaban J connectivity index is 2.06. The zero-order chi connectivity index (χ0) is 15.7. The lowest BCUT2D eigenvalue weighted by Gasteiger charge is -2.28. The van der Waals surface area contributed by atoms with Crippen molar-refractivity contribution in [3.8, 4) is 17.0 Å². The van der Waals surface area contributed by atoms with Gasteiger partial charge in [-0.2, -0.15) is 0 Å². The fraction of sp³-hybridized carbons (Fsp3) is 0.353. The molecule has 0 aliphatic heterocycles. The highest BCUT2D eigenvalue weighted by molar-refractivity contribution is 5.74. The Morgan fingerprint density at radius 3 is 2.64 bits per heavy atom. The van der Waals surface area contributed by atoms with E-state index in [1.54, 1.807) is 12.1 Å². The second-order valence-electron chi connectivity index (χ2n) is 6.04. The number of phenolic OH excluding ortho intramolecular Hbond substituents is 1. The van der Waals surface area contributed by atoms with Gasteiger partial charge in [-0.25, -0.2) is 4.98 Å². The minimum absolute atomic E-state index is 0.186. The first-order chi connectivity index (χ1) is 10.6. The van der Waals surface area contributed by atoms with Gasteiger partial charge in [0.05, 0.1) is 11.4 Å². The number of aromatic hydroxyl groups is 1. The molecule has 0 radical (unpaired) electrons. The van der Waals surface area contributed by atoms with Gasteiger partial charge in [0.2, 0.25) is 0 Å². The lowest BCUT2D eigenvalue weighted by molar-refractivity contribution is 0.394. The molecule has 0 amide bonds. The zero-order valence-corrected chi connectivity index (χ0v) is 12.5. The zero-order valence-electron chi connectivity index (χ0n) is 12.5. The van der Waals surface area contributed by atoms with E-state index in [2.05, 4.69) is 4.98 Å². The van der Waals surface area contributed by atoms with E-state index >= 15 is 0 Å². The first-order valence-electron chi connectivity index (χ1n) is 7.66. The normalized spacial score (nSPS) is 21.7. The summed E-state index contributed by atoms with van der Waals surface area (Å²) in [6.45, 7) is 0. The molecule has 2 unspecified atom stereocenters. The number of nitrogens with zero attached hydrogens (tertiary/aromatic N) is 1. The summed E-state index contributed by atoms with van der Waals surface area (Å²) >= 11 is 0. The molecule has 2 aromatic rings. The Morgan fingerprint density at radius 2 is 1.91 bits per heavy atom. The van der Waals surface area contributed by atoms with Crippen LogP contribution in [0.2, 0.25) is 0 Å². The second kappa shape index (κ2) is 5.85. The van der Waals surface area contributed by atoms with Crippen LogP contribution in [0.4, 0.5) is 11.5 Å². The summed E-state index contributed by atoms with van der Waals surface area (Å²) in [4.78, 5) is 4.34. The first-order valence-corrected chi connectivity index (χ1v) is 7.66. The lowest BCUT2D eigenvalue weighted by atomic mass is 9.81. The summed E-state index contributed by atoms with van der Waals surface area (Å²) < 4.78 is 0. The van der Waals surface area contributed by atoms with Crippen molar-refractivity contribution < 1.29 is 5.11 Å². The highest BCUT2D eigenvalue weighted by atomic mass is 16.3. The van der Waals surface area contributed by atoms with Crippen LogP contribution >= 0.6 is 0 Å². The topological polar surface area (TPSA) is 111 Å². The number of benzene rings is 1. The molecule has 0 bridgehead atoms. The van der Waals surface area contributed by atoms with Crippen LogP contribution in [0.3, 0.4) is 0 Å². The van der Waals surface area contributed by atoms with Gasteiger partial charge in [0.15, 0.2) is 0 Å². The first kappa shape index (κ1) is 14.7. The Kier molecular flexibility index (Phi) is 3.90. The van der Waals surface area contributed by atoms with Crippen LogP contribution in [0.25, 0.3) is 11.3 Å². The summed E-state index contributed by atoms with van der Waals surface area (Å²) in [5.74, 6) is 0.805. The Hall–Kier alpha value is -2.27. The van der Waals surface area contributed by atoms with E-state index in [1.165, 1.54) is 0 Å². The van der Waals surface area contributed by atoms with Crippen LogP contribution < -0.4 is 17.2 Å². The van der Waals surface area contributed by atoms with E-state index in [0.29, 0.717) is 28.7 Å². The molecular weight excluding hydrogens is 276 g/mol. The molecule has 1 aliphatic rings. The van der Waals surface area contributed by atoms with Crippen LogP contribution in [0, 0.1) is 0 Å². The van der Waals surface area contributed by atoms with Crippen molar-refractivity contribution in [3.05, 3.63) is 35.9 Å². The van der Waals surface area contributed by atoms with Gasteiger partial charge in [-0.15, -0.1) is 0 Å². The Morgan fingerprint density at radius 1 is 1.14 bits per heavy atom. The smallest absolute Gasteiger partial charge is 0.147 e. The molecule has 5 nitrogen and oxygen atoms in total. The average molecular weight is 298 g/mol. The highest BCUT2D eigenvalue weighted by Crippen LogP contribution is 2.39. The van der Waals surface area contributed by atoms with E-state index in [0.717, 1.165) is 31.2 Å². The van der Waals surface area contributed by atoms with Gasteiger partial charge in [0.1, 0.15) is 11.6 Å².